The topological polar surface area (TPSA) is 69.9 Å². The van der Waals surface area contributed by atoms with E-state index in [2.05, 4.69) is 0 Å². The molecule has 1 heterocycles. The molecule has 4 heteroatoms. The van der Waals surface area contributed by atoms with E-state index in [0.717, 1.165) is 26.7 Å². The van der Waals surface area contributed by atoms with Gasteiger partial charge >= 0.3 is 0 Å². The van der Waals surface area contributed by atoms with Crippen molar-refractivity contribution in [3.63, 3.8) is 0 Å². The van der Waals surface area contributed by atoms with Gasteiger partial charge in [-0.3, -0.25) is 0 Å². The first-order valence-corrected chi connectivity index (χ1v) is 5.07. The Balaban J connectivity index is -0.000000123. The highest BCUT2D eigenvalue weighted by atomic mass is 16.5. The Morgan fingerprint density at radius 2 is 1.29 bits per heavy atom. The van der Waals surface area contributed by atoms with Crippen LogP contribution >= 0.6 is 0 Å². The molecule has 1 saturated heterocycles. The molecule has 1 rings (SSSR count). The Labute approximate surface area is 87.5 Å². The first kappa shape index (κ1) is 19.4. The molecule has 1 aliphatic heterocycles. The quantitative estimate of drug-likeness (QED) is 0.598. The summed E-state index contributed by atoms with van der Waals surface area (Å²) in [5.41, 5.74) is 0. The smallest absolute Gasteiger partial charge is 0.0466 e. The molecule has 0 aromatic rings. The van der Waals surface area contributed by atoms with Gasteiger partial charge in [0.15, 0.2) is 0 Å². The summed E-state index contributed by atoms with van der Waals surface area (Å²) in [6.07, 6.45) is 3.43. The van der Waals surface area contributed by atoms with Crippen LogP contribution in [0.3, 0.4) is 0 Å². The van der Waals surface area contributed by atoms with Crippen LogP contribution in [-0.4, -0.2) is 48.9 Å². The zero-order valence-electron chi connectivity index (χ0n) is 9.70. The average Bonchev–Trinajstić information content (AvgIpc) is 2.80. The first-order chi connectivity index (χ1) is 6.83. The van der Waals surface area contributed by atoms with E-state index < -0.39 is 0 Å². The van der Waals surface area contributed by atoms with Crippen LogP contribution in [-0.2, 0) is 4.74 Å². The fraction of sp³-hybridized carbons (Fsp3) is 1.00. The monoisotopic (exact) mass is 210 g/mol. The van der Waals surface area contributed by atoms with Gasteiger partial charge < -0.3 is 20.1 Å². The van der Waals surface area contributed by atoms with Crippen molar-refractivity contribution < 1.29 is 20.1 Å². The van der Waals surface area contributed by atoms with E-state index in [9.17, 15) is 0 Å². The number of ether oxygens (including phenoxy) is 1. The van der Waals surface area contributed by atoms with Crippen molar-refractivity contribution >= 4 is 0 Å². The van der Waals surface area contributed by atoms with Crippen LogP contribution in [0.25, 0.3) is 0 Å². The second-order valence-electron chi connectivity index (χ2n) is 2.36. The maximum Gasteiger partial charge on any atom is 0.0466 e. The molecule has 0 aromatic carbocycles. The number of hydrogen-bond acceptors (Lipinski definition) is 4. The van der Waals surface area contributed by atoms with E-state index in [1.807, 2.05) is 6.92 Å². The van der Waals surface area contributed by atoms with Crippen LogP contribution in [0.2, 0.25) is 0 Å². The van der Waals surface area contributed by atoms with Gasteiger partial charge in [0, 0.05) is 33.5 Å². The van der Waals surface area contributed by atoms with Crippen LogP contribution in [0.15, 0.2) is 0 Å². The molecule has 0 saturated carbocycles. The number of rotatable bonds is 1. The van der Waals surface area contributed by atoms with Crippen LogP contribution in [0, 0.1) is 0 Å². The van der Waals surface area contributed by atoms with Crippen LogP contribution in [0.5, 0.6) is 0 Å². The Kier molecular flexibility index (Phi) is 40.6. The van der Waals surface area contributed by atoms with Crippen molar-refractivity contribution in [2.24, 2.45) is 0 Å². The number of aliphatic hydroxyl groups excluding tert-OH is 3. The van der Waals surface area contributed by atoms with E-state index in [1.165, 1.54) is 12.8 Å². The molecule has 0 aromatic heterocycles. The van der Waals surface area contributed by atoms with Gasteiger partial charge in [-0.25, -0.2) is 0 Å². The zero-order chi connectivity index (χ0) is 11.7. The minimum Gasteiger partial charge on any atom is -0.400 e. The summed E-state index contributed by atoms with van der Waals surface area (Å²) in [4.78, 5) is 0. The van der Waals surface area contributed by atoms with Crippen LogP contribution in [0.4, 0.5) is 0 Å². The van der Waals surface area contributed by atoms with E-state index in [4.69, 9.17) is 20.1 Å². The summed E-state index contributed by atoms with van der Waals surface area (Å²) in [6.45, 7) is 6.18. The van der Waals surface area contributed by atoms with Crippen molar-refractivity contribution in [1.82, 2.24) is 0 Å². The Hall–Kier alpha value is -0.160. The van der Waals surface area contributed by atoms with Crippen molar-refractivity contribution in [2.45, 2.75) is 33.1 Å². The summed E-state index contributed by atoms with van der Waals surface area (Å²) in [6, 6.07) is 0. The van der Waals surface area contributed by atoms with Crippen molar-refractivity contribution in [3.8, 4) is 0 Å². The minimum absolute atomic E-state index is 0.250. The molecule has 14 heavy (non-hydrogen) atoms. The van der Waals surface area contributed by atoms with E-state index in [1.54, 1.807) is 6.92 Å². The number of aliphatic hydroxyl groups is 3. The average molecular weight is 210 g/mol. The largest absolute Gasteiger partial charge is 0.400 e. The molecule has 1 aliphatic rings. The molecule has 3 N–H and O–H groups in total. The lowest BCUT2D eigenvalue weighted by atomic mass is 10.4. The van der Waals surface area contributed by atoms with E-state index in [0.29, 0.717) is 6.61 Å². The maximum atomic E-state index is 7.88. The summed E-state index contributed by atoms with van der Waals surface area (Å²) in [5, 5.41) is 22.4. The Morgan fingerprint density at radius 1 is 1.00 bits per heavy atom. The predicted octanol–water partition coefficient (Wildman–Crippen LogP) is 0.793. The molecule has 0 amide bonds. The molecular weight excluding hydrogens is 184 g/mol. The molecule has 0 aliphatic carbocycles. The third kappa shape index (κ3) is 40.8. The second-order valence-corrected chi connectivity index (χ2v) is 2.36. The fourth-order valence-corrected chi connectivity index (χ4v) is 0.510. The number of hydrogen-bond donors (Lipinski definition) is 3. The van der Waals surface area contributed by atoms with Gasteiger partial charge in [-0.15, -0.1) is 0 Å². The highest BCUT2D eigenvalue weighted by Crippen LogP contribution is 1.98. The van der Waals surface area contributed by atoms with Gasteiger partial charge in [0.1, 0.15) is 0 Å². The van der Waals surface area contributed by atoms with Crippen LogP contribution in [0.1, 0.15) is 33.1 Å². The molecule has 0 bridgehead atoms. The van der Waals surface area contributed by atoms with Crippen molar-refractivity contribution in [2.75, 3.05) is 33.5 Å². The van der Waals surface area contributed by atoms with Crippen molar-refractivity contribution in [1.29, 1.82) is 0 Å². The summed E-state index contributed by atoms with van der Waals surface area (Å²) in [5.74, 6) is 0. The fourth-order valence-electron chi connectivity index (χ4n) is 0.510. The SMILES string of the molecule is C1CCOC1.CCCO.CCO.CO. The highest BCUT2D eigenvalue weighted by molar-refractivity contribution is 4.43. The maximum absolute atomic E-state index is 7.88. The third-order valence-electron chi connectivity index (χ3n) is 1.05. The molecule has 0 atom stereocenters. The normalized spacial score (nSPS) is 12.4. The lowest BCUT2D eigenvalue weighted by molar-refractivity contribution is 0.198. The predicted molar refractivity (Wildman–Crippen MR) is 58.3 cm³/mol. The van der Waals surface area contributed by atoms with Gasteiger partial charge in [-0.2, -0.15) is 0 Å². The standard InChI is InChI=1S/C4H8O.C3H8O.C2H6O.CH4O/c1-2-4-5-3-1;1-2-3-4;1-2-3;1-2/h1-4H2;4H,2-3H2,1H3;3H,2H2,1H3;2H,1H3. The van der Waals surface area contributed by atoms with Gasteiger partial charge in [0.25, 0.3) is 0 Å². The highest BCUT2D eigenvalue weighted by Gasteiger charge is 1.94. The summed E-state index contributed by atoms with van der Waals surface area (Å²) >= 11 is 0. The molecule has 0 radical (unpaired) electrons. The second kappa shape index (κ2) is 29.3. The van der Waals surface area contributed by atoms with Crippen molar-refractivity contribution in [3.05, 3.63) is 0 Å². The van der Waals surface area contributed by atoms with Gasteiger partial charge in [0.05, 0.1) is 0 Å². The zero-order valence-corrected chi connectivity index (χ0v) is 9.70. The lowest BCUT2D eigenvalue weighted by Gasteiger charge is -1.76. The first-order valence-electron chi connectivity index (χ1n) is 5.07. The van der Waals surface area contributed by atoms with Gasteiger partial charge in [-0.1, -0.05) is 6.92 Å². The molecule has 90 valence electrons. The minimum atomic E-state index is 0.250. The lowest BCUT2D eigenvalue weighted by Crippen LogP contribution is -1.74. The summed E-state index contributed by atoms with van der Waals surface area (Å²) < 4.78 is 4.94. The van der Waals surface area contributed by atoms with Gasteiger partial charge in [0.2, 0.25) is 0 Å². The Morgan fingerprint density at radius 3 is 1.36 bits per heavy atom. The molecule has 0 unspecified atom stereocenters. The molecule has 0 spiro atoms. The van der Waals surface area contributed by atoms with Crippen LogP contribution < -0.4 is 0 Å². The molecule has 4 nitrogen and oxygen atoms in total. The molecular formula is C10H26O4. The van der Waals surface area contributed by atoms with E-state index >= 15 is 0 Å². The Bertz CT molecular complexity index is 46.5. The van der Waals surface area contributed by atoms with Gasteiger partial charge in [-0.05, 0) is 26.2 Å². The molecule has 1 fully saturated rings. The van der Waals surface area contributed by atoms with E-state index in [-0.39, 0.29) is 6.61 Å². The third-order valence-corrected chi connectivity index (χ3v) is 1.05. The summed E-state index contributed by atoms with van der Waals surface area (Å²) in [7, 11) is 1.00.